The van der Waals surface area contributed by atoms with E-state index in [0.717, 1.165) is 0 Å². The Labute approximate surface area is 126 Å². The molecule has 0 saturated heterocycles. The molecule has 1 N–H and O–H groups in total. The topological polar surface area (TPSA) is 47.6 Å². The summed E-state index contributed by atoms with van der Waals surface area (Å²) in [5.41, 5.74) is -0.0540. The summed E-state index contributed by atoms with van der Waals surface area (Å²) < 4.78 is 10.7. The van der Waals surface area contributed by atoms with E-state index in [9.17, 15) is 4.79 Å². The normalized spacial score (nSPS) is 14.4. The van der Waals surface area contributed by atoms with Crippen LogP contribution in [0.2, 0.25) is 0 Å². The molecule has 2 unspecified atom stereocenters. The van der Waals surface area contributed by atoms with Crippen LogP contribution in [0.15, 0.2) is 30.3 Å². The van der Waals surface area contributed by atoms with Gasteiger partial charge in [-0.1, -0.05) is 39.0 Å². The Morgan fingerprint density at radius 1 is 1.35 bits per heavy atom. The lowest BCUT2D eigenvalue weighted by atomic mass is 9.99. The lowest BCUT2D eigenvalue weighted by molar-refractivity contribution is -0.147. The first kappa shape index (κ1) is 17.2. The van der Waals surface area contributed by atoms with Crippen molar-refractivity contribution >= 4 is 24.9 Å². The summed E-state index contributed by atoms with van der Waals surface area (Å²) in [6.07, 6.45) is 0. The Bertz CT molecular complexity index is 422. The van der Waals surface area contributed by atoms with E-state index in [1.165, 1.54) is 0 Å². The van der Waals surface area contributed by atoms with Gasteiger partial charge < -0.3 is 9.26 Å². The van der Waals surface area contributed by atoms with Crippen LogP contribution in [0.3, 0.4) is 0 Å². The molecule has 2 atom stereocenters. The molecule has 0 aliphatic carbocycles. The second kappa shape index (κ2) is 7.82. The van der Waals surface area contributed by atoms with Crippen LogP contribution in [-0.2, 0) is 9.53 Å². The van der Waals surface area contributed by atoms with E-state index in [4.69, 9.17) is 20.5 Å². The first-order valence-corrected chi connectivity index (χ1v) is 8.56. The van der Waals surface area contributed by atoms with Gasteiger partial charge in [0.05, 0.1) is 6.61 Å². The third kappa shape index (κ3) is 7.09. The quantitative estimate of drug-likeness (QED) is 0.634. The molecule has 4 nitrogen and oxygen atoms in total. The smallest absolute Gasteiger partial charge is 0.323 e. The highest BCUT2D eigenvalue weighted by atomic mass is 35.7. The van der Waals surface area contributed by atoms with Crippen molar-refractivity contribution in [3.05, 3.63) is 30.3 Å². The van der Waals surface area contributed by atoms with Gasteiger partial charge in [-0.05, 0) is 35.7 Å². The number of rotatable bonds is 6. The van der Waals surface area contributed by atoms with Gasteiger partial charge in [0.2, 0.25) is 0 Å². The third-order valence-corrected chi connectivity index (χ3v) is 3.69. The molecule has 0 heterocycles. The van der Waals surface area contributed by atoms with Crippen LogP contribution in [-0.4, -0.2) is 18.6 Å². The van der Waals surface area contributed by atoms with Crippen molar-refractivity contribution in [1.82, 2.24) is 5.09 Å². The minimum atomic E-state index is -1.45. The van der Waals surface area contributed by atoms with Gasteiger partial charge in [-0.2, -0.15) is 0 Å². The number of hydrogen-bond donors (Lipinski definition) is 1. The summed E-state index contributed by atoms with van der Waals surface area (Å²) in [7, 11) is -1.45. The Morgan fingerprint density at radius 3 is 2.50 bits per heavy atom. The zero-order valence-electron chi connectivity index (χ0n) is 12.2. The van der Waals surface area contributed by atoms with E-state index < -0.39 is 13.7 Å². The molecule has 0 radical (unpaired) electrons. The standard InChI is InChI=1S/C14H21ClNO3P/c1-11(13(17)18-10-14(2,3)4)16-20(15)19-12-8-6-5-7-9-12/h5-9,11,16H,10H2,1-4H3. The first-order valence-electron chi connectivity index (χ1n) is 6.40. The highest BCUT2D eigenvalue weighted by Gasteiger charge is 2.21. The Kier molecular flexibility index (Phi) is 6.74. The second-order valence-corrected chi connectivity index (χ2v) is 7.52. The van der Waals surface area contributed by atoms with Crippen LogP contribution < -0.4 is 9.61 Å². The molecule has 112 valence electrons. The average Bonchev–Trinajstić information content (AvgIpc) is 2.36. The summed E-state index contributed by atoms with van der Waals surface area (Å²) in [5.74, 6) is 0.334. The van der Waals surface area contributed by atoms with Crippen LogP contribution in [0, 0.1) is 5.41 Å². The SMILES string of the molecule is CC(NP(Cl)Oc1ccccc1)C(=O)OCC(C)(C)C. The van der Waals surface area contributed by atoms with E-state index >= 15 is 0 Å². The molecule has 0 saturated carbocycles. The molecule has 1 aromatic carbocycles. The van der Waals surface area contributed by atoms with Gasteiger partial charge in [-0.15, -0.1) is 0 Å². The van der Waals surface area contributed by atoms with E-state index in [2.05, 4.69) is 5.09 Å². The molecule has 20 heavy (non-hydrogen) atoms. The highest BCUT2D eigenvalue weighted by Crippen LogP contribution is 2.39. The summed E-state index contributed by atoms with van der Waals surface area (Å²) >= 11 is 6.07. The fourth-order valence-corrected chi connectivity index (χ4v) is 2.67. The Hall–Kier alpha value is -0.830. The van der Waals surface area contributed by atoms with Crippen LogP contribution >= 0.6 is 18.9 Å². The van der Waals surface area contributed by atoms with E-state index in [1.54, 1.807) is 6.92 Å². The molecule has 0 aromatic heterocycles. The molecule has 0 fully saturated rings. The number of para-hydroxylation sites is 1. The van der Waals surface area contributed by atoms with Gasteiger partial charge in [0.15, 0.2) is 0 Å². The van der Waals surface area contributed by atoms with Crippen molar-refractivity contribution in [2.45, 2.75) is 33.7 Å². The predicted molar refractivity (Wildman–Crippen MR) is 82.9 cm³/mol. The largest absolute Gasteiger partial charge is 0.464 e. The lowest BCUT2D eigenvalue weighted by Crippen LogP contribution is -2.33. The fourth-order valence-electron chi connectivity index (χ4n) is 1.22. The minimum absolute atomic E-state index is 0.0540. The number of carbonyl (C=O) groups is 1. The number of benzene rings is 1. The number of carbonyl (C=O) groups excluding carboxylic acids is 1. The molecular formula is C14H21ClNO3P. The van der Waals surface area contributed by atoms with E-state index in [-0.39, 0.29) is 11.4 Å². The second-order valence-electron chi connectivity index (χ2n) is 5.67. The number of nitrogens with one attached hydrogen (secondary N) is 1. The summed E-state index contributed by atoms with van der Waals surface area (Å²) in [6.45, 7) is 8.09. The predicted octanol–water partition coefficient (Wildman–Crippen LogP) is 4.10. The monoisotopic (exact) mass is 317 g/mol. The van der Waals surface area contributed by atoms with E-state index in [1.807, 2.05) is 51.1 Å². The Morgan fingerprint density at radius 2 is 1.95 bits per heavy atom. The van der Waals surface area contributed by atoms with Gasteiger partial charge in [-0.25, -0.2) is 5.09 Å². The molecule has 0 bridgehead atoms. The summed E-state index contributed by atoms with van der Waals surface area (Å²) in [5, 5.41) is 2.90. The zero-order valence-corrected chi connectivity index (χ0v) is 13.9. The molecule has 0 aliphatic heterocycles. The lowest BCUT2D eigenvalue weighted by Gasteiger charge is -2.21. The van der Waals surface area contributed by atoms with Crippen molar-refractivity contribution in [3.8, 4) is 5.75 Å². The van der Waals surface area contributed by atoms with Crippen molar-refractivity contribution in [2.24, 2.45) is 5.41 Å². The van der Waals surface area contributed by atoms with Crippen molar-refractivity contribution < 1.29 is 14.1 Å². The van der Waals surface area contributed by atoms with Gasteiger partial charge in [0.1, 0.15) is 11.8 Å². The zero-order chi connectivity index (χ0) is 15.2. The number of ether oxygens (including phenoxy) is 1. The van der Waals surface area contributed by atoms with Gasteiger partial charge in [0, 0.05) is 0 Å². The van der Waals surface area contributed by atoms with Crippen molar-refractivity contribution in [2.75, 3.05) is 6.61 Å². The maximum absolute atomic E-state index is 11.8. The van der Waals surface area contributed by atoms with Crippen molar-refractivity contribution in [1.29, 1.82) is 0 Å². The van der Waals surface area contributed by atoms with Crippen LogP contribution in [0.25, 0.3) is 0 Å². The fraction of sp³-hybridized carbons (Fsp3) is 0.500. The van der Waals surface area contributed by atoms with Crippen molar-refractivity contribution in [3.63, 3.8) is 0 Å². The van der Waals surface area contributed by atoms with Crippen LogP contribution in [0.5, 0.6) is 5.75 Å². The summed E-state index contributed by atoms with van der Waals surface area (Å²) in [4.78, 5) is 11.8. The van der Waals surface area contributed by atoms with Crippen LogP contribution in [0.1, 0.15) is 27.7 Å². The molecule has 6 heteroatoms. The number of hydrogen-bond acceptors (Lipinski definition) is 4. The summed E-state index contributed by atoms with van der Waals surface area (Å²) in [6, 6.07) is 8.71. The van der Waals surface area contributed by atoms with Gasteiger partial charge in [0.25, 0.3) is 7.65 Å². The maximum atomic E-state index is 11.8. The average molecular weight is 318 g/mol. The van der Waals surface area contributed by atoms with Gasteiger partial charge >= 0.3 is 5.97 Å². The van der Waals surface area contributed by atoms with E-state index in [0.29, 0.717) is 12.4 Å². The molecule has 0 amide bonds. The molecular weight excluding hydrogens is 297 g/mol. The molecule has 0 spiro atoms. The number of esters is 1. The third-order valence-electron chi connectivity index (χ3n) is 2.22. The first-order chi connectivity index (χ1) is 9.28. The minimum Gasteiger partial charge on any atom is -0.464 e. The molecule has 1 rings (SSSR count). The maximum Gasteiger partial charge on any atom is 0.323 e. The number of halogens is 1. The molecule has 0 aliphatic rings. The highest BCUT2D eigenvalue weighted by molar-refractivity contribution is 7.78. The molecule has 1 aromatic rings. The van der Waals surface area contributed by atoms with Crippen LogP contribution in [0.4, 0.5) is 0 Å². The Balaban J connectivity index is 2.37. The van der Waals surface area contributed by atoms with Gasteiger partial charge in [-0.3, -0.25) is 4.79 Å².